The van der Waals surface area contributed by atoms with Gasteiger partial charge in [-0.1, -0.05) is 115 Å². The van der Waals surface area contributed by atoms with Crippen LogP contribution in [0.15, 0.2) is 152 Å². The Hall–Kier alpha value is -7.99. The van der Waals surface area contributed by atoms with E-state index in [1.165, 1.54) is 77.4 Å². The van der Waals surface area contributed by atoms with E-state index in [1.807, 2.05) is 6.33 Å². The first-order valence-electron chi connectivity index (χ1n) is 21.2. The normalized spacial score (nSPS) is 21.5. The standard InChI is InChI=1S/C56H29N5/c57-25-28-22-41-47(49-43(28)45-31-14-4-6-16-33(31)46(49)34-17-7-5-15-32(34)45)37-24-40-55(60(27-59-40)30-12-2-1-3-13-30)51-48-42(61(41)54(37)51)23-29(26-58)44-50(48)53-36-19-9-11-21-39(36)56(53)38-20-10-8-18-35(38)52(44)56/h1-24,27,45-46,52-53H. The maximum absolute atomic E-state index is 11.3. The molecular formula is C56H29N5. The average molecular weight is 772 g/mol. The highest BCUT2D eigenvalue weighted by Gasteiger charge is 2.70. The van der Waals surface area contributed by atoms with Crippen LogP contribution in [0.25, 0.3) is 54.8 Å². The molecule has 0 N–H and O–H groups in total. The first-order chi connectivity index (χ1) is 30.2. The van der Waals surface area contributed by atoms with Gasteiger partial charge in [0, 0.05) is 56.3 Å². The lowest BCUT2D eigenvalue weighted by Gasteiger charge is -2.58. The number of rotatable bonds is 1. The number of imidazole rings is 1. The zero-order chi connectivity index (χ0) is 39.6. The number of benzene rings is 8. The fraction of sp³-hybridized carbons (Fsp3) is 0.0893. The van der Waals surface area contributed by atoms with Crippen LogP contribution in [0.4, 0.5) is 0 Å². The molecular weight excluding hydrogens is 743 g/mol. The second-order valence-corrected chi connectivity index (χ2v) is 17.8. The summed E-state index contributed by atoms with van der Waals surface area (Å²) in [5.74, 6) is 0.122. The van der Waals surface area contributed by atoms with Crippen LogP contribution in [0.5, 0.6) is 0 Å². The lowest BCUT2D eigenvalue weighted by molar-refractivity contribution is 0.333. The largest absolute Gasteiger partial charge is 0.308 e. The van der Waals surface area contributed by atoms with Gasteiger partial charge >= 0.3 is 0 Å². The first kappa shape index (κ1) is 31.0. The quantitative estimate of drug-likeness (QED) is 0.167. The predicted molar refractivity (Wildman–Crippen MR) is 237 cm³/mol. The molecule has 0 saturated heterocycles. The number of nitrogens with zero attached hydrogens (tertiary/aromatic N) is 5. The van der Waals surface area contributed by atoms with Crippen molar-refractivity contribution in [3.63, 3.8) is 0 Å². The van der Waals surface area contributed by atoms with E-state index in [2.05, 4.69) is 167 Å². The van der Waals surface area contributed by atoms with Crippen LogP contribution in [-0.2, 0) is 5.41 Å². The molecule has 278 valence electrons. The number of aromatic nitrogens is 3. The van der Waals surface area contributed by atoms with Crippen LogP contribution < -0.4 is 0 Å². The van der Waals surface area contributed by atoms with E-state index in [0.717, 1.165) is 49.8 Å². The Balaban J connectivity index is 1.14. The molecule has 8 aromatic carbocycles. The SMILES string of the molecule is N#Cc1cc2c(c3c1C1c4ccccc4C3c3ccccc31)c1cc3ncn(-c4ccccc4)c3c3c4c5c(c(C#N)cc4n2c13)C1c2ccccc2C12c1ccccc1C52. The second-order valence-electron chi connectivity index (χ2n) is 17.8. The molecule has 3 unspecified atom stereocenters. The first-order valence-corrected chi connectivity index (χ1v) is 21.2. The Labute approximate surface area is 348 Å². The highest BCUT2D eigenvalue weighted by Crippen LogP contribution is 2.78. The van der Waals surface area contributed by atoms with Crippen LogP contribution >= 0.6 is 0 Å². The molecule has 0 amide bonds. The average Bonchev–Trinajstić information content (AvgIpc) is 4.03. The smallest absolute Gasteiger partial charge is 0.100 e. The summed E-state index contributed by atoms with van der Waals surface area (Å²) < 4.78 is 4.70. The van der Waals surface area contributed by atoms with Crippen LogP contribution in [0.1, 0.15) is 102 Å². The Bertz CT molecular complexity index is 3950. The monoisotopic (exact) mass is 771 g/mol. The summed E-state index contributed by atoms with van der Waals surface area (Å²) in [5.41, 5.74) is 23.0. The number of para-hydroxylation sites is 1. The fourth-order valence-corrected chi connectivity index (χ4v) is 14.0. The molecule has 5 heteroatoms. The molecule has 17 rings (SSSR count). The van der Waals surface area contributed by atoms with Crippen molar-refractivity contribution in [1.29, 1.82) is 10.5 Å². The lowest BCUT2D eigenvalue weighted by atomic mass is 9.43. The maximum atomic E-state index is 11.3. The van der Waals surface area contributed by atoms with Crippen molar-refractivity contribution < 1.29 is 0 Å². The van der Waals surface area contributed by atoms with Crippen molar-refractivity contribution in [1.82, 2.24) is 14.0 Å². The summed E-state index contributed by atoms with van der Waals surface area (Å²) in [6, 6.07) is 58.4. The molecule has 0 saturated carbocycles. The van der Waals surface area contributed by atoms with Crippen molar-refractivity contribution in [3.8, 4) is 17.8 Å². The van der Waals surface area contributed by atoms with E-state index in [1.54, 1.807) is 0 Å². The van der Waals surface area contributed by atoms with Gasteiger partial charge in [0.15, 0.2) is 0 Å². The Morgan fingerprint density at radius 3 is 1.64 bits per heavy atom. The van der Waals surface area contributed by atoms with E-state index in [0.29, 0.717) is 5.56 Å². The van der Waals surface area contributed by atoms with Crippen molar-refractivity contribution >= 4 is 49.1 Å². The fourth-order valence-electron chi connectivity index (χ4n) is 14.0. The summed E-state index contributed by atoms with van der Waals surface area (Å²) in [6.45, 7) is 0. The highest BCUT2D eigenvalue weighted by molar-refractivity contribution is 6.32. The van der Waals surface area contributed by atoms with Crippen LogP contribution in [0, 0.1) is 22.7 Å². The molecule has 61 heavy (non-hydrogen) atoms. The van der Waals surface area contributed by atoms with Crippen LogP contribution in [0.2, 0.25) is 0 Å². The molecule has 3 atom stereocenters. The van der Waals surface area contributed by atoms with Gasteiger partial charge in [0.1, 0.15) is 6.33 Å². The number of nitriles is 2. The summed E-state index contributed by atoms with van der Waals surface area (Å²) in [4.78, 5) is 5.24. The highest BCUT2D eigenvalue weighted by atomic mass is 15.1. The van der Waals surface area contributed by atoms with Crippen molar-refractivity contribution in [2.45, 2.75) is 29.1 Å². The molecule has 0 fully saturated rings. The third-order valence-corrected chi connectivity index (χ3v) is 15.8. The third kappa shape index (κ3) is 3.09. The number of hydrogen-bond acceptors (Lipinski definition) is 3. The summed E-state index contributed by atoms with van der Waals surface area (Å²) in [7, 11) is 0. The van der Waals surface area contributed by atoms with E-state index >= 15 is 0 Å². The van der Waals surface area contributed by atoms with E-state index in [-0.39, 0.29) is 29.1 Å². The molecule has 6 aliphatic carbocycles. The molecule has 11 aromatic rings. The second kappa shape index (κ2) is 10.1. The molecule has 5 nitrogen and oxygen atoms in total. The minimum absolute atomic E-state index is 0.0303. The summed E-state index contributed by atoms with van der Waals surface area (Å²) in [6.07, 6.45) is 1.99. The number of hydrogen-bond donors (Lipinski definition) is 0. The zero-order valence-electron chi connectivity index (χ0n) is 32.5. The maximum Gasteiger partial charge on any atom is 0.100 e. The van der Waals surface area contributed by atoms with Gasteiger partial charge in [-0.2, -0.15) is 10.5 Å². The molecule has 1 spiro atoms. The van der Waals surface area contributed by atoms with Gasteiger partial charge in [0.05, 0.1) is 50.8 Å². The zero-order valence-corrected chi connectivity index (χ0v) is 32.5. The van der Waals surface area contributed by atoms with Crippen molar-refractivity contribution in [2.75, 3.05) is 0 Å². The molecule has 0 radical (unpaired) electrons. The molecule has 2 bridgehead atoms. The predicted octanol–water partition coefficient (Wildman–Crippen LogP) is 11.8. The molecule has 0 aliphatic heterocycles. The Kier molecular flexibility index (Phi) is 5.11. The summed E-state index contributed by atoms with van der Waals surface area (Å²) in [5, 5.41) is 27.2. The van der Waals surface area contributed by atoms with E-state index in [4.69, 9.17) is 4.98 Å². The summed E-state index contributed by atoms with van der Waals surface area (Å²) >= 11 is 0. The molecule has 3 aromatic heterocycles. The van der Waals surface area contributed by atoms with Crippen LogP contribution in [-0.4, -0.2) is 14.0 Å². The Morgan fingerprint density at radius 2 is 1.02 bits per heavy atom. The Morgan fingerprint density at radius 1 is 0.492 bits per heavy atom. The van der Waals surface area contributed by atoms with Gasteiger partial charge in [0.2, 0.25) is 0 Å². The van der Waals surface area contributed by atoms with Gasteiger partial charge in [-0.3, -0.25) is 4.57 Å². The van der Waals surface area contributed by atoms with Gasteiger partial charge in [-0.05, 0) is 97.1 Å². The minimum atomic E-state index is -0.213. The van der Waals surface area contributed by atoms with Crippen LogP contribution in [0.3, 0.4) is 0 Å². The molecule has 6 aliphatic rings. The van der Waals surface area contributed by atoms with Gasteiger partial charge in [-0.15, -0.1) is 0 Å². The van der Waals surface area contributed by atoms with E-state index in [9.17, 15) is 10.5 Å². The topological polar surface area (TPSA) is 69.8 Å². The van der Waals surface area contributed by atoms with Crippen molar-refractivity contribution in [3.05, 3.63) is 230 Å². The minimum Gasteiger partial charge on any atom is -0.308 e. The van der Waals surface area contributed by atoms with Gasteiger partial charge < -0.3 is 4.40 Å². The van der Waals surface area contributed by atoms with E-state index < -0.39 is 0 Å². The van der Waals surface area contributed by atoms with Crippen molar-refractivity contribution in [2.24, 2.45) is 0 Å². The molecule has 3 heterocycles. The third-order valence-electron chi connectivity index (χ3n) is 15.8. The van der Waals surface area contributed by atoms with Gasteiger partial charge in [0.25, 0.3) is 0 Å². The lowest BCUT2D eigenvalue weighted by Crippen LogP contribution is -2.52. The van der Waals surface area contributed by atoms with Gasteiger partial charge in [-0.25, -0.2) is 4.98 Å². The number of fused-ring (bicyclic) bond motifs is 16.